The van der Waals surface area contributed by atoms with Gasteiger partial charge in [-0.25, -0.2) is 0 Å². The van der Waals surface area contributed by atoms with Crippen LogP contribution in [0.1, 0.15) is 18.9 Å². The first kappa shape index (κ1) is 11.8. The Bertz CT molecular complexity index is 260. The minimum Gasteiger partial charge on any atom is -0.318 e. The van der Waals surface area contributed by atoms with Gasteiger partial charge in [-0.1, -0.05) is 25.3 Å². The molecule has 2 rings (SSSR count). The van der Waals surface area contributed by atoms with E-state index in [1.165, 1.54) is 12.0 Å². The van der Waals surface area contributed by atoms with Crippen molar-refractivity contribution in [2.45, 2.75) is 13.3 Å². The maximum atomic E-state index is 3.41. The van der Waals surface area contributed by atoms with Crippen LogP contribution < -0.4 is 5.32 Å². The molecule has 0 aliphatic carbocycles. The second kappa shape index (κ2) is 5.58. The summed E-state index contributed by atoms with van der Waals surface area (Å²) in [6.07, 6.45) is 1.20. The van der Waals surface area contributed by atoms with Crippen LogP contribution in [0.15, 0.2) is 30.3 Å². The molecular formula is C12H16NW-. The maximum Gasteiger partial charge on any atom is 0 e. The number of benzene rings is 1. The van der Waals surface area contributed by atoms with E-state index >= 15 is 0 Å². The summed E-state index contributed by atoms with van der Waals surface area (Å²) in [5.74, 6) is 2.30. The number of hydrogen-bond acceptors (Lipinski definition) is 1. The molecule has 1 atom stereocenters. The summed E-state index contributed by atoms with van der Waals surface area (Å²) in [4.78, 5) is 0. The Balaban J connectivity index is 0.000000980. The van der Waals surface area contributed by atoms with Crippen LogP contribution in [0.2, 0.25) is 0 Å². The van der Waals surface area contributed by atoms with Gasteiger partial charge in [-0.05, 0) is 13.1 Å². The van der Waals surface area contributed by atoms with Crippen molar-refractivity contribution in [2.24, 2.45) is 5.92 Å². The minimum atomic E-state index is 0. The monoisotopic (exact) mass is 358 g/mol. The van der Waals surface area contributed by atoms with E-state index in [1.54, 1.807) is 5.92 Å². The van der Waals surface area contributed by atoms with Crippen LogP contribution in [0.5, 0.6) is 0 Å². The van der Waals surface area contributed by atoms with Gasteiger partial charge < -0.3 is 5.32 Å². The molecule has 0 amide bonds. The zero-order valence-corrected chi connectivity index (χ0v) is 11.4. The zero-order chi connectivity index (χ0) is 9.10. The number of hydrogen-bond donors (Lipinski definition) is 1. The molecule has 76 valence electrons. The number of rotatable bonds is 1. The molecule has 1 fully saturated rings. The molecule has 1 unspecified atom stereocenters. The topological polar surface area (TPSA) is 12.0 Å². The fraction of sp³-hybridized carbons (Fsp3) is 0.417. The van der Waals surface area contributed by atoms with Gasteiger partial charge in [-0.2, -0.15) is 23.6 Å². The van der Waals surface area contributed by atoms with Gasteiger partial charge >= 0.3 is 0 Å². The molecule has 1 aliphatic rings. The van der Waals surface area contributed by atoms with Gasteiger partial charge in [0.1, 0.15) is 0 Å². The minimum absolute atomic E-state index is 0. The third kappa shape index (κ3) is 2.62. The summed E-state index contributed by atoms with van der Waals surface area (Å²) in [5, 5.41) is 3.41. The Morgan fingerprint density at radius 3 is 2.64 bits per heavy atom. The fourth-order valence-electron chi connectivity index (χ4n) is 1.99. The Morgan fingerprint density at radius 2 is 2.00 bits per heavy atom. The molecule has 1 nitrogen and oxygen atoms in total. The van der Waals surface area contributed by atoms with E-state index in [9.17, 15) is 0 Å². The van der Waals surface area contributed by atoms with E-state index in [-0.39, 0.29) is 21.1 Å². The van der Waals surface area contributed by atoms with Gasteiger partial charge in [0.2, 0.25) is 0 Å². The standard InChI is InChI=1S/C12H16N.W/c1-10-9-13-8-7-12(10)11-5-3-2-4-6-11;/h2-6,10,13H,7-9H2,1H3;/q-1;. The van der Waals surface area contributed by atoms with Crippen LogP contribution in [-0.4, -0.2) is 13.1 Å². The summed E-state index contributed by atoms with van der Waals surface area (Å²) in [5.41, 5.74) is 1.43. The van der Waals surface area contributed by atoms with E-state index in [0.717, 1.165) is 13.1 Å². The molecule has 0 saturated carbocycles. The smallest absolute Gasteiger partial charge is 0 e. The Morgan fingerprint density at radius 1 is 1.29 bits per heavy atom. The van der Waals surface area contributed by atoms with Crippen molar-refractivity contribution in [3.63, 3.8) is 0 Å². The summed E-state index contributed by atoms with van der Waals surface area (Å²) < 4.78 is 0. The van der Waals surface area contributed by atoms with E-state index in [4.69, 9.17) is 0 Å². The number of nitrogens with one attached hydrogen (secondary N) is 1. The second-order valence-corrected chi connectivity index (χ2v) is 3.75. The molecule has 1 saturated heterocycles. The molecular weight excluding hydrogens is 342 g/mol. The quantitative estimate of drug-likeness (QED) is 0.760. The molecule has 14 heavy (non-hydrogen) atoms. The van der Waals surface area contributed by atoms with Crippen LogP contribution in [0.4, 0.5) is 0 Å². The molecule has 1 aromatic carbocycles. The van der Waals surface area contributed by atoms with Crippen molar-refractivity contribution >= 4 is 0 Å². The molecule has 1 N–H and O–H groups in total. The maximum absolute atomic E-state index is 3.41. The van der Waals surface area contributed by atoms with E-state index in [1.807, 2.05) is 0 Å². The molecule has 1 aliphatic heterocycles. The van der Waals surface area contributed by atoms with Crippen LogP contribution in [0.3, 0.4) is 0 Å². The van der Waals surface area contributed by atoms with Crippen molar-refractivity contribution in [1.29, 1.82) is 0 Å². The van der Waals surface area contributed by atoms with Crippen molar-refractivity contribution < 1.29 is 21.1 Å². The Kier molecular flexibility index (Phi) is 4.71. The number of piperidine rings is 1. The van der Waals surface area contributed by atoms with Crippen molar-refractivity contribution in [1.82, 2.24) is 5.32 Å². The van der Waals surface area contributed by atoms with Crippen LogP contribution >= 0.6 is 0 Å². The fourth-order valence-corrected chi connectivity index (χ4v) is 1.99. The Hall–Kier alpha value is -0.262. The summed E-state index contributed by atoms with van der Waals surface area (Å²) in [7, 11) is 0. The molecule has 0 spiro atoms. The van der Waals surface area contributed by atoms with Crippen molar-refractivity contribution in [2.75, 3.05) is 13.1 Å². The van der Waals surface area contributed by atoms with E-state index < -0.39 is 0 Å². The van der Waals surface area contributed by atoms with Gasteiger partial charge in [-0.3, -0.25) is 0 Å². The molecule has 0 aromatic heterocycles. The predicted molar refractivity (Wildman–Crippen MR) is 55.4 cm³/mol. The van der Waals surface area contributed by atoms with E-state index in [2.05, 4.69) is 42.6 Å². The Labute approximate surface area is 101 Å². The van der Waals surface area contributed by atoms with Crippen LogP contribution in [0, 0.1) is 11.8 Å². The van der Waals surface area contributed by atoms with Crippen LogP contribution in [-0.2, 0) is 21.1 Å². The first-order valence-corrected chi connectivity index (χ1v) is 5.00. The van der Waals surface area contributed by atoms with Crippen molar-refractivity contribution in [3.05, 3.63) is 41.8 Å². The molecule has 0 bridgehead atoms. The average Bonchev–Trinajstić information content (AvgIpc) is 2.20. The normalized spacial score (nSPS) is 21.5. The largest absolute Gasteiger partial charge is 0.318 e. The summed E-state index contributed by atoms with van der Waals surface area (Å²) in [6, 6.07) is 10.8. The third-order valence-electron chi connectivity index (χ3n) is 2.76. The molecule has 1 heterocycles. The van der Waals surface area contributed by atoms with Gasteiger partial charge in [0.25, 0.3) is 0 Å². The van der Waals surface area contributed by atoms with Gasteiger partial charge in [0, 0.05) is 21.1 Å². The summed E-state index contributed by atoms with van der Waals surface area (Å²) >= 11 is 0. The third-order valence-corrected chi connectivity index (χ3v) is 2.76. The molecule has 2 heteroatoms. The van der Waals surface area contributed by atoms with Gasteiger partial charge in [0.15, 0.2) is 0 Å². The predicted octanol–water partition coefficient (Wildman–Crippen LogP) is 2.24. The van der Waals surface area contributed by atoms with Gasteiger partial charge in [0.05, 0.1) is 0 Å². The SMILES string of the molecule is CC1CNCC[C-]1c1ccccc1.[W]. The summed E-state index contributed by atoms with van der Waals surface area (Å²) in [6.45, 7) is 4.56. The van der Waals surface area contributed by atoms with E-state index in [0.29, 0.717) is 5.92 Å². The van der Waals surface area contributed by atoms with Gasteiger partial charge in [-0.15, -0.1) is 12.1 Å². The first-order valence-electron chi connectivity index (χ1n) is 5.00. The molecule has 0 radical (unpaired) electrons. The van der Waals surface area contributed by atoms with Crippen molar-refractivity contribution in [3.8, 4) is 0 Å². The zero-order valence-electron chi connectivity index (χ0n) is 8.49. The second-order valence-electron chi connectivity index (χ2n) is 3.75. The van der Waals surface area contributed by atoms with Crippen LogP contribution in [0.25, 0.3) is 0 Å². The molecule has 1 aromatic rings. The average molecular weight is 358 g/mol. The first-order chi connectivity index (χ1) is 6.38.